The first-order chi connectivity index (χ1) is 11.6. The van der Waals surface area contributed by atoms with Crippen molar-refractivity contribution in [3.63, 3.8) is 0 Å². The molecule has 0 aliphatic carbocycles. The quantitative estimate of drug-likeness (QED) is 0.702. The molecule has 3 rings (SSSR count). The summed E-state index contributed by atoms with van der Waals surface area (Å²) in [7, 11) is 1.82. The fourth-order valence-corrected chi connectivity index (χ4v) is 2.30. The van der Waals surface area contributed by atoms with Gasteiger partial charge in [-0.05, 0) is 24.3 Å². The Morgan fingerprint density at radius 2 is 2.00 bits per heavy atom. The Morgan fingerprint density at radius 3 is 2.62 bits per heavy atom. The van der Waals surface area contributed by atoms with E-state index in [1.807, 2.05) is 7.05 Å². The number of nitriles is 1. The molecule has 0 fully saturated rings. The third-order valence-corrected chi connectivity index (χ3v) is 3.65. The van der Waals surface area contributed by atoms with Crippen LogP contribution in [-0.2, 0) is 6.42 Å². The molecule has 2 aromatic heterocycles. The number of hydrogen-bond donors (Lipinski definition) is 0. The highest BCUT2D eigenvalue weighted by Gasteiger charge is 2.18. The largest absolute Gasteiger partial charge is 0.419 e. The molecule has 0 N–H and O–H groups in total. The molecule has 7 nitrogen and oxygen atoms in total. The first-order valence-electron chi connectivity index (χ1n) is 7.24. The van der Waals surface area contributed by atoms with Crippen molar-refractivity contribution >= 4 is 17.5 Å². The fraction of sp³-hybridized carbons (Fsp3) is 0.250. The minimum Gasteiger partial charge on any atom is -0.419 e. The highest BCUT2D eigenvalue weighted by Crippen LogP contribution is 2.28. The Kier molecular flexibility index (Phi) is 4.49. The van der Waals surface area contributed by atoms with Gasteiger partial charge in [0.15, 0.2) is 5.82 Å². The van der Waals surface area contributed by atoms with Gasteiger partial charge >= 0.3 is 0 Å². The fourth-order valence-electron chi connectivity index (χ4n) is 2.17. The van der Waals surface area contributed by atoms with Gasteiger partial charge in [0.25, 0.3) is 0 Å². The van der Waals surface area contributed by atoms with E-state index < -0.39 is 0 Å². The van der Waals surface area contributed by atoms with Crippen molar-refractivity contribution in [2.75, 3.05) is 18.5 Å². The molecule has 0 spiro atoms. The lowest BCUT2D eigenvalue weighted by atomic mass is 10.2. The molecule has 0 bridgehead atoms. The molecule has 0 radical (unpaired) electrons. The summed E-state index contributed by atoms with van der Waals surface area (Å²) >= 11 is 5.88. The minimum absolute atomic E-state index is 0.228. The predicted octanol–water partition coefficient (Wildman–Crippen LogP) is 3.24. The molecule has 1 aromatic carbocycles. The van der Waals surface area contributed by atoms with Gasteiger partial charge in [0.1, 0.15) is 6.07 Å². The van der Waals surface area contributed by atoms with Crippen LogP contribution in [0.4, 0.5) is 5.88 Å². The second kappa shape index (κ2) is 6.72. The molecule has 122 valence electrons. The summed E-state index contributed by atoms with van der Waals surface area (Å²) in [6, 6.07) is 9.13. The number of aryl methyl sites for hydroxylation is 1. The van der Waals surface area contributed by atoms with E-state index in [1.54, 1.807) is 36.1 Å². The monoisotopic (exact) mass is 343 g/mol. The SMILES string of the molecule is Cc1nc(CCN(C)c2oc(-c3ccc(Cl)cc3)nc2C#N)no1. The third-order valence-electron chi connectivity index (χ3n) is 3.39. The van der Waals surface area contributed by atoms with Gasteiger partial charge in [-0.1, -0.05) is 16.8 Å². The van der Waals surface area contributed by atoms with Gasteiger partial charge in [0, 0.05) is 37.5 Å². The van der Waals surface area contributed by atoms with E-state index in [-0.39, 0.29) is 5.69 Å². The molecule has 3 aromatic rings. The number of halogens is 1. The Bertz CT molecular complexity index is 879. The molecular formula is C16H14ClN5O2. The van der Waals surface area contributed by atoms with Crippen molar-refractivity contribution in [2.24, 2.45) is 0 Å². The van der Waals surface area contributed by atoms with E-state index in [0.717, 1.165) is 5.56 Å². The molecule has 2 heterocycles. The molecular weight excluding hydrogens is 330 g/mol. The van der Waals surface area contributed by atoms with Gasteiger partial charge in [-0.25, -0.2) is 0 Å². The van der Waals surface area contributed by atoms with Crippen LogP contribution in [0.1, 0.15) is 17.4 Å². The van der Waals surface area contributed by atoms with Crippen LogP contribution >= 0.6 is 11.6 Å². The number of hydrogen-bond acceptors (Lipinski definition) is 7. The molecule has 0 amide bonds. The maximum atomic E-state index is 9.30. The van der Waals surface area contributed by atoms with Gasteiger partial charge in [-0.3, -0.25) is 0 Å². The smallest absolute Gasteiger partial charge is 0.234 e. The zero-order valence-electron chi connectivity index (χ0n) is 13.2. The Hall–Kier alpha value is -2.85. The van der Waals surface area contributed by atoms with Gasteiger partial charge in [-0.15, -0.1) is 0 Å². The third kappa shape index (κ3) is 3.39. The summed E-state index contributed by atoms with van der Waals surface area (Å²) in [5.74, 6) is 1.91. The van der Waals surface area contributed by atoms with Gasteiger partial charge in [-0.2, -0.15) is 15.2 Å². The predicted molar refractivity (Wildman–Crippen MR) is 87.7 cm³/mol. The first kappa shape index (κ1) is 16.0. The van der Waals surface area contributed by atoms with Crippen LogP contribution in [0.25, 0.3) is 11.5 Å². The van der Waals surface area contributed by atoms with Crippen LogP contribution in [0.15, 0.2) is 33.2 Å². The van der Waals surface area contributed by atoms with Crippen LogP contribution < -0.4 is 4.90 Å². The second-order valence-corrected chi connectivity index (χ2v) is 5.63. The van der Waals surface area contributed by atoms with Crippen LogP contribution in [0.5, 0.6) is 0 Å². The molecule has 0 aliphatic heterocycles. The van der Waals surface area contributed by atoms with E-state index in [0.29, 0.717) is 41.5 Å². The summed E-state index contributed by atoms with van der Waals surface area (Å²) in [5, 5.41) is 13.8. The lowest BCUT2D eigenvalue weighted by molar-refractivity contribution is 0.387. The van der Waals surface area contributed by atoms with Crippen molar-refractivity contribution < 1.29 is 8.94 Å². The van der Waals surface area contributed by atoms with E-state index in [1.165, 1.54) is 0 Å². The molecule has 0 aliphatic rings. The zero-order chi connectivity index (χ0) is 17.1. The summed E-state index contributed by atoms with van der Waals surface area (Å²) in [5.41, 5.74) is 0.982. The first-order valence-corrected chi connectivity index (χ1v) is 7.62. The Labute approximate surface area is 143 Å². The van der Waals surface area contributed by atoms with E-state index in [9.17, 15) is 5.26 Å². The van der Waals surface area contributed by atoms with Crippen molar-refractivity contribution in [3.05, 3.63) is 46.7 Å². The van der Waals surface area contributed by atoms with Gasteiger partial charge in [0.05, 0.1) is 0 Å². The molecule has 8 heteroatoms. The molecule has 0 saturated heterocycles. The van der Waals surface area contributed by atoms with Crippen LogP contribution in [0.2, 0.25) is 5.02 Å². The molecule has 0 unspecified atom stereocenters. The summed E-state index contributed by atoms with van der Waals surface area (Å²) < 4.78 is 10.7. The number of oxazole rings is 1. The number of nitrogens with zero attached hydrogens (tertiary/aromatic N) is 5. The average molecular weight is 344 g/mol. The highest BCUT2D eigenvalue weighted by atomic mass is 35.5. The summed E-state index contributed by atoms with van der Waals surface area (Å²) in [4.78, 5) is 10.2. The van der Waals surface area contributed by atoms with Crippen molar-refractivity contribution in [2.45, 2.75) is 13.3 Å². The number of benzene rings is 1. The number of likely N-dealkylation sites (N-methyl/N-ethyl adjacent to an activating group) is 1. The van der Waals surface area contributed by atoms with Gasteiger partial charge < -0.3 is 13.8 Å². The number of aromatic nitrogens is 3. The van der Waals surface area contributed by atoms with E-state index in [4.69, 9.17) is 20.5 Å². The Morgan fingerprint density at radius 1 is 1.25 bits per heavy atom. The maximum Gasteiger partial charge on any atom is 0.234 e. The topological polar surface area (TPSA) is 92.0 Å². The molecule has 0 saturated carbocycles. The Balaban J connectivity index is 1.79. The van der Waals surface area contributed by atoms with Crippen LogP contribution in [0, 0.1) is 18.3 Å². The standard InChI is InChI=1S/C16H14ClN5O2/c1-10-19-14(21-24-10)7-8-22(2)16-13(9-18)20-15(23-16)11-3-5-12(17)6-4-11/h3-6H,7-8H2,1-2H3. The number of anilines is 1. The summed E-state index contributed by atoms with van der Waals surface area (Å²) in [6.45, 7) is 2.30. The van der Waals surface area contributed by atoms with Crippen molar-refractivity contribution in [1.82, 2.24) is 15.1 Å². The van der Waals surface area contributed by atoms with Crippen LogP contribution in [-0.4, -0.2) is 28.7 Å². The number of rotatable bonds is 5. The normalized spacial score (nSPS) is 10.6. The van der Waals surface area contributed by atoms with Gasteiger partial charge in [0.2, 0.25) is 23.4 Å². The van der Waals surface area contributed by atoms with E-state index >= 15 is 0 Å². The highest BCUT2D eigenvalue weighted by molar-refractivity contribution is 6.30. The maximum absolute atomic E-state index is 9.30. The summed E-state index contributed by atoms with van der Waals surface area (Å²) in [6.07, 6.45) is 0.565. The molecule has 0 atom stereocenters. The van der Waals surface area contributed by atoms with E-state index in [2.05, 4.69) is 21.2 Å². The van der Waals surface area contributed by atoms with Crippen LogP contribution in [0.3, 0.4) is 0 Å². The average Bonchev–Trinajstić information content (AvgIpc) is 3.19. The lowest BCUT2D eigenvalue weighted by Crippen LogP contribution is -2.21. The lowest BCUT2D eigenvalue weighted by Gasteiger charge is -2.14. The zero-order valence-corrected chi connectivity index (χ0v) is 13.9. The minimum atomic E-state index is 0.228. The van der Waals surface area contributed by atoms with Crippen molar-refractivity contribution in [1.29, 1.82) is 5.26 Å². The second-order valence-electron chi connectivity index (χ2n) is 5.19. The molecule has 24 heavy (non-hydrogen) atoms. The van der Waals surface area contributed by atoms with Crippen molar-refractivity contribution in [3.8, 4) is 17.5 Å².